The zero-order chi connectivity index (χ0) is 21.0. The van der Waals surface area contributed by atoms with Gasteiger partial charge >= 0.3 is 6.03 Å². The fourth-order valence-electron chi connectivity index (χ4n) is 4.46. The largest absolute Gasteiger partial charge is 0.383 e. The maximum Gasteiger partial charge on any atom is 0.328 e. The summed E-state index contributed by atoms with van der Waals surface area (Å²) in [6.07, 6.45) is 4.88. The molecule has 0 unspecified atom stereocenters. The van der Waals surface area contributed by atoms with Crippen molar-refractivity contribution in [1.82, 2.24) is 19.7 Å². The number of methoxy groups -OCH3 is 1. The molecule has 2 saturated heterocycles. The van der Waals surface area contributed by atoms with Crippen LogP contribution in [0.15, 0.2) is 54.9 Å². The van der Waals surface area contributed by atoms with Gasteiger partial charge in [0.2, 0.25) is 0 Å². The van der Waals surface area contributed by atoms with Gasteiger partial charge < -0.3 is 9.64 Å². The number of pyridine rings is 1. The molecule has 0 atom stereocenters. The van der Waals surface area contributed by atoms with Gasteiger partial charge in [-0.15, -0.1) is 0 Å². The van der Waals surface area contributed by atoms with Crippen LogP contribution < -0.4 is 0 Å². The predicted octanol–water partition coefficient (Wildman–Crippen LogP) is 2.53. The van der Waals surface area contributed by atoms with Gasteiger partial charge in [-0.1, -0.05) is 30.3 Å². The van der Waals surface area contributed by atoms with E-state index >= 15 is 0 Å². The van der Waals surface area contributed by atoms with Crippen molar-refractivity contribution in [3.63, 3.8) is 0 Å². The molecule has 1 aromatic carbocycles. The molecule has 4 rings (SSSR count). The third-order valence-corrected chi connectivity index (χ3v) is 6.16. The Morgan fingerprint density at radius 1 is 0.967 bits per heavy atom. The fraction of sp³-hybridized carbons (Fsp3) is 0.435. The van der Waals surface area contributed by atoms with Gasteiger partial charge in [-0.05, 0) is 36.1 Å². The molecule has 0 saturated carbocycles. The normalized spacial score (nSPS) is 19.1. The molecule has 2 aromatic rings. The van der Waals surface area contributed by atoms with Crippen LogP contribution in [-0.2, 0) is 22.6 Å². The first kappa shape index (κ1) is 20.5. The van der Waals surface area contributed by atoms with Crippen molar-refractivity contribution in [2.75, 3.05) is 33.4 Å². The molecule has 2 fully saturated rings. The maximum atomic E-state index is 13.4. The second-order valence-corrected chi connectivity index (χ2v) is 7.97. The van der Waals surface area contributed by atoms with Crippen molar-refractivity contribution in [2.45, 2.75) is 31.5 Å². The smallest absolute Gasteiger partial charge is 0.328 e. The quantitative estimate of drug-likeness (QED) is 0.659. The molecule has 7 nitrogen and oxygen atoms in total. The monoisotopic (exact) mass is 408 g/mol. The number of carbonyl (C=O) groups excluding carboxylic acids is 2. The summed E-state index contributed by atoms with van der Waals surface area (Å²) in [7, 11) is 1.58. The van der Waals surface area contributed by atoms with Crippen molar-refractivity contribution in [2.24, 2.45) is 0 Å². The maximum absolute atomic E-state index is 13.4. The predicted molar refractivity (Wildman–Crippen MR) is 112 cm³/mol. The summed E-state index contributed by atoms with van der Waals surface area (Å²) in [5.74, 6) is -0.0796. The van der Waals surface area contributed by atoms with E-state index in [0.29, 0.717) is 32.5 Å². The summed E-state index contributed by atoms with van der Waals surface area (Å²) < 4.78 is 5.14. The Bertz CT molecular complexity index is 867. The van der Waals surface area contributed by atoms with E-state index in [2.05, 4.69) is 9.88 Å². The zero-order valence-corrected chi connectivity index (χ0v) is 17.4. The fourth-order valence-corrected chi connectivity index (χ4v) is 4.46. The number of urea groups is 1. The Kier molecular flexibility index (Phi) is 6.11. The second-order valence-electron chi connectivity index (χ2n) is 7.97. The molecular formula is C23H28N4O3. The van der Waals surface area contributed by atoms with Gasteiger partial charge in [-0.25, -0.2) is 4.79 Å². The van der Waals surface area contributed by atoms with Crippen molar-refractivity contribution < 1.29 is 14.3 Å². The molecule has 7 heteroatoms. The number of likely N-dealkylation sites (tertiary alicyclic amines) is 1. The Morgan fingerprint density at radius 2 is 1.63 bits per heavy atom. The number of ether oxygens (including phenoxy) is 1. The van der Waals surface area contributed by atoms with E-state index < -0.39 is 5.54 Å². The Labute approximate surface area is 177 Å². The van der Waals surface area contributed by atoms with Crippen molar-refractivity contribution in [3.05, 3.63) is 66.0 Å². The highest BCUT2D eigenvalue weighted by Crippen LogP contribution is 2.38. The van der Waals surface area contributed by atoms with Gasteiger partial charge in [-0.3, -0.25) is 19.6 Å². The van der Waals surface area contributed by atoms with Crippen LogP contribution in [0.2, 0.25) is 0 Å². The number of carbonyl (C=O) groups is 2. The van der Waals surface area contributed by atoms with Crippen LogP contribution >= 0.6 is 0 Å². The number of benzene rings is 1. The highest BCUT2D eigenvalue weighted by Gasteiger charge is 2.57. The number of aromatic nitrogens is 1. The minimum atomic E-state index is -0.768. The molecule has 2 aliphatic rings. The summed E-state index contributed by atoms with van der Waals surface area (Å²) in [6.45, 7) is 3.45. The van der Waals surface area contributed by atoms with E-state index in [1.54, 1.807) is 24.4 Å². The molecule has 0 aliphatic carbocycles. The first-order chi connectivity index (χ1) is 14.6. The summed E-state index contributed by atoms with van der Waals surface area (Å²) >= 11 is 0. The van der Waals surface area contributed by atoms with Crippen LogP contribution in [0.25, 0.3) is 0 Å². The molecule has 30 heavy (non-hydrogen) atoms. The molecule has 3 heterocycles. The summed E-state index contributed by atoms with van der Waals surface area (Å²) in [6, 6.07) is 13.7. The Balaban J connectivity index is 1.53. The van der Waals surface area contributed by atoms with Crippen LogP contribution in [0, 0.1) is 0 Å². The summed E-state index contributed by atoms with van der Waals surface area (Å²) in [5, 5.41) is 0. The Hall–Kier alpha value is -2.77. The zero-order valence-electron chi connectivity index (χ0n) is 17.4. The average Bonchev–Trinajstić information content (AvgIpc) is 2.96. The van der Waals surface area contributed by atoms with Crippen LogP contribution in [0.1, 0.15) is 24.0 Å². The highest BCUT2D eigenvalue weighted by atomic mass is 16.5. The number of hydrogen-bond donors (Lipinski definition) is 0. The number of rotatable bonds is 7. The van der Waals surface area contributed by atoms with Crippen molar-refractivity contribution in [1.29, 1.82) is 0 Å². The lowest BCUT2D eigenvalue weighted by Crippen LogP contribution is -2.56. The van der Waals surface area contributed by atoms with E-state index in [9.17, 15) is 9.59 Å². The van der Waals surface area contributed by atoms with Gasteiger partial charge in [0.1, 0.15) is 5.54 Å². The van der Waals surface area contributed by atoms with Crippen molar-refractivity contribution in [3.8, 4) is 0 Å². The topological polar surface area (TPSA) is 66.0 Å². The number of hydrogen-bond acceptors (Lipinski definition) is 5. The minimum Gasteiger partial charge on any atom is -0.383 e. The number of piperidine rings is 1. The SMILES string of the molecule is COCCN1C(=O)N(Cc2ccccc2)C2(CCN(Cc3ccncc3)CC2)C1=O. The first-order valence-electron chi connectivity index (χ1n) is 10.4. The van der Waals surface area contributed by atoms with Crippen LogP contribution in [0.3, 0.4) is 0 Å². The van der Waals surface area contributed by atoms with Crippen LogP contribution in [-0.4, -0.2) is 70.5 Å². The van der Waals surface area contributed by atoms with E-state index in [4.69, 9.17) is 4.74 Å². The molecule has 1 spiro atoms. The van der Waals surface area contributed by atoms with Gasteiger partial charge in [0.25, 0.3) is 5.91 Å². The van der Waals surface area contributed by atoms with Gasteiger partial charge in [-0.2, -0.15) is 0 Å². The second kappa shape index (κ2) is 8.93. The van der Waals surface area contributed by atoms with E-state index in [0.717, 1.165) is 25.2 Å². The molecule has 3 amide bonds. The van der Waals surface area contributed by atoms with Crippen LogP contribution in [0.4, 0.5) is 4.79 Å². The highest BCUT2D eigenvalue weighted by molar-refractivity contribution is 6.07. The lowest BCUT2D eigenvalue weighted by atomic mass is 9.85. The van der Waals surface area contributed by atoms with Gasteiger partial charge in [0.15, 0.2) is 0 Å². The average molecular weight is 409 g/mol. The molecule has 158 valence electrons. The van der Waals surface area contributed by atoms with E-state index in [-0.39, 0.29) is 11.9 Å². The van der Waals surface area contributed by atoms with Gasteiger partial charge in [0.05, 0.1) is 13.2 Å². The third-order valence-electron chi connectivity index (χ3n) is 6.16. The van der Waals surface area contributed by atoms with Crippen LogP contribution in [0.5, 0.6) is 0 Å². The number of amides is 3. The lowest BCUT2D eigenvalue weighted by Gasteiger charge is -2.42. The standard InChI is InChI=1S/C23H28N4O3/c1-30-16-15-26-21(28)23(27(22(26)29)18-19-5-3-2-4-6-19)9-13-25(14-10-23)17-20-7-11-24-12-8-20/h2-8,11-12H,9-10,13-18H2,1H3. The van der Waals surface area contributed by atoms with E-state index in [1.165, 1.54) is 10.5 Å². The first-order valence-corrected chi connectivity index (χ1v) is 10.4. The number of nitrogens with zero attached hydrogens (tertiary/aromatic N) is 4. The minimum absolute atomic E-state index is 0.0796. The molecule has 0 bridgehead atoms. The molecule has 0 N–H and O–H groups in total. The summed E-state index contributed by atoms with van der Waals surface area (Å²) in [5.41, 5.74) is 1.47. The number of imide groups is 1. The molecular weight excluding hydrogens is 380 g/mol. The van der Waals surface area contributed by atoms with E-state index in [1.807, 2.05) is 42.5 Å². The lowest BCUT2D eigenvalue weighted by molar-refractivity contribution is -0.136. The van der Waals surface area contributed by atoms with Gasteiger partial charge in [0, 0.05) is 45.7 Å². The molecule has 0 radical (unpaired) electrons. The summed E-state index contributed by atoms with van der Waals surface area (Å²) in [4.78, 5) is 36.3. The Morgan fingerprint density at radius 3 is 2.30 bits per heavy atom. The molecule has 1 aromatic heterocycles. The van der Waals surface area contributed by atoms with Crippen molar-refractivity contribution >= 4 is 11.9 Å². The third kappa shape index (κ3) is 3.95. The molecule has 2 aliphatic heterocycles.